The summed E-state index contributed by atoms with van der Waals surface area (Å²) in [6, 6.07) is 8.60. The van der Waals surface area contributed by atoms with Crippen LogP contribution in [-0.4, -0.2) is 0 Å². The van der Waals surface area contributed by atoms with Crippen LogP contribution in [0.3, 0.4) is 0 Å². The molecule has 0 fully saturated rings. The molecular weight excluding hydrogens is 152 g/mol. The van der Waals surface area contributed by atoms with Gasteiger partial charge in [0.25, 0.3) is 0 Å². The zero-order valence-corrected chi connectivity index (χ0v) is 7.10. The number of benzene rings is 1. The molecule has 1 aromatic carbocycles. The van der Waals surface area contributed by atoms with Crippen molar-refractivity contribution in [2.24, 2.45) is 0 Å². The Balaban J connectivity index is 2.46. The van der Waals surface area contributed by atoms with Crippen LogP contribution in [0.4, 0.5) is 0 Å². The molecule has 1 heteroatoms. The van der Waals surface area contributed by atoms with E-state index in [0.717, 1.165) is 5.75 Å². The zero-order valence-electron chi connectivity index (χ0n) is 6.29. The molecule has 1 aromatic rings. The van der Waals surface area contributed by atoms with Crippen LogP contribution in [0, 0.1) is 0 Å². The first-order chi connectivity index (χ1) is 5.42. The van der Waals surface area contributed by atoms with E-state index in [4.69, 9.17) is 0 Å². The molecule has 2 rings (SSSR count). The summed E-state index contributed by atoms with van der Waals surface area (Å²) in [6.45, 7) is 3.82. The van der Waals surface area contributed by atoms with Crippen molar-refractivity contribution in [2.75, 3.05) is 0 Å². The van der Waals surface area contributed by atoms with Gasteiger partial charge >= 0.3 is 0 Å². The molecule has 0 nitrogen and oxygen atoms in total. The van der Waals surface area contributed by atoms with Crippen molar-refractivity contribution >= 4 is 11.8 Å². The van der Waals surface area contributed by atoms with Gasteiger partial charge < -0.3 is 0 Å². The van der Waals surface area contributed by atoms with Gasteiger partial charge in [-0.1, -0.05) is 30.3 Å². The van der Waals surface area contributed by atoms with Crippen molar-refractivity contribution in [1.29, 1.82) is 0 Å². The molecule has 1 heterocycles. The largest absolute Gasteiger partial charge is 0.145 e. The van der Waals surface area contributed by atoms with Gasteiger partial charge in [0.2, 0.25) is 0 Å². The predicted molar refractivity (Wildman–Crippen MR) is 50.7 cm³/mol. The quantitative estimate of drug-likeness (QED) is 0.571. The fourth-order valence-corrected chi connectivity index (χ4v) is 2.58. The molecule has 0 aliphatic carbocycles. The summed E-state index contributed by atoms with van der Waals surface area (Å²) < 4.78 is 0. The Labute approximate surface area is 71.3 Å². The third kappa shape index (κ3) is 1.10. The lowest BCUT2D eigenvalue weighted by Crippen LogP contribution is -1.83. The minimum absolute atomic E-state index is 0.534. The minimum Gasteiger partial charge on any atom is -0.145 e. The van der Waals surface area contributed by atoms with Crippen molar-refractivity contribution in [3.8, 4) is 0 Å². The Morgan fingerprint density at radius 3 is 3.09 bits per heavy atom. The smallest absolute Gasteiger partial charge is 0.0481 e. The predicted octanol–water partition coefficient (Wildman–Crippen LogP) is 3.16. The van der Waals surface area contributed by atoms with Crippen LogP contribution in [-0.2, 0) is 5.75 Å². The molecule has 0 saturated carbocycles. The second-order valence-corrected chi connectivity index (χ2v) is 3.80. The van der Waals surface area contributed by atoms with Crippen molar-refractivity contribution in [3.05, 3.63) is 48.0 Å². The van der Waals surface area contributed by atoms with E-state index in [0.29, 0.717) is 5.25 Å². The molecule has 1 atom stereocenters. The molecule has 11 heavy (non-hydrogen) atoms. The molecule has 1 aliphatic heterocycles. The average Bonchev–Trinajstić information content (AvgIpc) is 2.47. The van der Waals surface area contributed by atoms with Crippen LogP contribution in [0.25, 0.3) is 0 Å². The lowest BCUT2D eigenvalue weighted by molar-refractivity contribution is 1.23. The maximum atomic E-state index is 3.82. The van der Waals surface area contributed by atoms with E-state index in [9.17, 15) is 0 Å². The zero-order chi connectivity index (χ0) is 7.68. The van der Waals surface area contributed by atoms with Gasteiger partial charge in [0.1, 0.15) is 0 Å². The summed E-state index contributed by atoms with van der Waals surface area (Å²) in [5.74, 6) is 1.15. The van der Waals surface area contributed by atoms with Crippen LogP contribution in [0.1, 0.15) is 16.4 Å². The second kappa shape index (κ2) is 2.74. The van der Waals surface area contributed by atoms with E-state index in [1.807, 2.05) is 17.8 Å². The van der Waals surface area contributed by atoms with E-state index < -0.39 is 0 Å². The molecule has 1 aliphatic rings. The maximum Gasteiger partial charge on any atom is 0.0481 e. The molecule has 56 valence electrons. The van der Waals surface area contributed by atoms with Crippen molar-refractivity contribution in [2.45, 2.75) is 11.0 Å². The number of hydrogen-bond acceptors (Lipinski definition) is 1. The average molecular weight is 162 g/mol. The van der Waals surface area contributed by atoms with Gasteiger partial charge in [-0.3, -0.25) is 0 Å². The highest BCUT2D eigenvalue weighted by Gasteiger charge is 2.18. The minimum atomic E-state index is 0.534. The number of fused-ring (bicyclic) bond motifs is 1. The highest BCUT2D eigenvalue weighted by Crippen LogP contribution is 2.41. The Kier molecular flexibility index (Phi) is 1.74. The van der Waals surface area contributed by atoms with Crippen molar-refractivity contribution < 1.29 is 0 Å². The highest BCUT2D eigenvalue weighted by molar-refractivity contribution is 7.99. The fraction of sp³-hybridized carbons (Fsp3) is 0.200. The van der Waals surface area contributed by atoms with E-state index in [1.165, 1.54) is 11.1 Å². The SMILES string of the molecule is C=CC1SCc2ccccc21. The second-order valence-electron chi connectivity index (χ2n) is 2.67. The molecule has 0 N–H and O–H groups in total. The summed E-state index contributed by atoms with van der Waals surface area (Å²) in [5, 5.41) is 0.534. The van der Waals surface area contributed by atoms with E-state index in [1.54, 1.807) is 0 Å². The molecule has 0 amide bonds. The van der Waals surface area contributed by atoms with Crippen LogP contribution in [0.2, 0.25) is 0 Å². The molecule has 0 spiro atoms. The maximum absolute atomic E-state index is 3.82. The summed E-state index contributed by atoms with van der Waals surface area (Å²) in [5.41, 5.74) is 2.93. The molecular formula is C10H10S. The first-order valence-corrected chi connectivity index (χ1v) is 4.78. The van der Waals surface area contributed by atoms with Crippen LogP contribution in [0.15, 0.2) is 36.9 Å². The van der Waals surface area contributed by atoms with Gasteiger partial charge in [0.05, 0.1) is 0 Å². The van der Waals surface area contributed by atoms with Crippen LogP contribution >= 0.6 is 11.8 Å². The lowest BCUT2D eigenvalue weighted by Gasteiger charge is -2.02. The molecule has 0 saturated heterocycles. The number of rotatable bonds is 1. The topological polar surface area (TPSA) is 0 Å². The molecule has 1 unspecified atom stereocenters. The number of thioether (sulfide) groups is 1. The third-order valence-corrected chi connectivity index (χ3v) is 3.28. The normalized spacial score (nSPS) is 21.3. The summed E-state index contributed by atoms with van der Waals surface area (Å²) in [4.78, 5) is 0. The lowest BCUT2D eigenvalue weighted by atomic mass is 10.1. The van der Waals surface area contributed by atoms with Gasteiger partial charge in [-0.15, -0.1) is 18.3 Å². The summed E-state index contributed by atoms with van der Waals surface area (Å²) in [7, 11) is 0. The fourth-order valence-electron chi connectivity index (χ4n) is 1.41. The molecule has 0 aromatic heterocycles. The van der Waals surface area contributed by atoms with E-state index in [-0.39, 0.29) is 0 Å². The van der Waals surface area contributed by atoms with Crippen LogP contribution < -0.4 is 0 Å². The summed E-state index contributed by atoms with van der Waals surface area (Å²) >= 11 is 1.95. The number of hydrogen-bond donors (Lipinski definition) is 0. The van der Waals surface area contributed by atoms with Crippen molar-refractivity contribution in [1.82, 2.24) is 0 Å². The monoisotopic (exact) mass is 162 g/mol. The first kappa shape index (κ1) is 6.99. The molecule has 0 radical (unpaired) electrons. The Morgan fingerprint density at radius 1 is 1.45 bits per heavy atom. The van der Waals surface area contributed by atoms with Gasteiger partial charge in [0, 0.05) is 11.0 Å². The third-order valence-electron chi connectivity index (χ3n) is 1.99. The van der Waals surface area contributed by atoms with E-state index in [2.05, 4.69) is 30.8 Å². The Hall–Kier alpha value is -0.690. The van der Waals surface area contributed by atoms with E-state index >= 15 is 0 Å². The Morgan fingerprint density at radius 2 is 2.27 bits per heavy atom. The first-order valence-electron chi connectivity index (χ1n) is 3.74. The van der Waals surface area contributed by atoms with Crippen molar-refractivity contribution in [3.63, 3.8) is 0 Å². The standard InChI is InChI=1S/C10H10S/c1-2-10-9-6-4-3-5-8(9)7-11-10/h2-6,10H,1,7H2. The molecule has 0 bridgehead atoms. The van der Waals surface area contributed by atoms with Gasteiger partial charge in [-0.05, 0) is 11.1 Å². The van der Waals surface area contributed by atoms with Gasteiger partial charge in [-0.25, -0.2) is 0 Å². The highest BCUT2D eigenvalue weighted by atomic mass is 32.2. The van der Waals surface area contributed by atoms with Crippen LogP contribution in [0.5, 0.6) is 0 Å². The summed E-state index contributed by atoms with van der Waals surface area (Å²) in [6.07, 6.45) is 2.02. The van der Waals surface area contributed by atoms with Gasteiger partial charge in [0.15, 0.2) is 0 Å². The Bertz CT molecular complexity index is 278. The van der Waals surface area contributed by atoms with Gasteiger partial charge in [-0.2, -0.15) is 0 Å².